The molecule has 4 rings (SSSR count). The van der Waals surface area contributed by atoms with Gasteiger partial charge in [0.1, 0.15) is 6.04 Å². The molecule has 168 valence electrons. The lowest BCUT2D eigenvalue weighted by Crippen LogP contribution is -2.47. The van der Waals surface area contributed by atoms with Crippen molar-refractivity contribution in [3.05, 3.63) is 65.2 Å². The van der Waals surface area contributed by atoms with Crippen molar-refractivity contribution < 1.29 is 19.1 Å². The summed E-state index contributed by atoms with van der Waals surface area (Å²) in [5, 5.41) is 5.79. The van der Waals surface area contributed by atoms with Crippen LogP contribution in [-0.4, -0.2) is 54.5 Å². The Morgan fingerprint density at radius 1 is 1.03 bits per heavy atom. The molecule has 7 nitrogen and oxygen atoms in total. The Balaban J connectivity index is 1.40. The van der Waals surface area contributed by atoms with Crippen molar-refractivity contribution in [1.82, 2.24) is 10.2 Å². The predicted molar refractivity (Wildman–Crippen MR) is 122 cm³/mol. The van der Waals surface area contributed by atoms with E-state index in [1.54, 1.807) is 41.3 Å². The molecule has 32 heavy (non-hydrogen) atoms. The minimum absolute atomic E-state index is 0.0679. The smallest absolute Gasteiger partial charge is 0.255 e. The molecule has 2 atom stereocenters. The quantitative estimate of drug-likeness (QED) is 0.730. The van der Waals surface area contributed by atoms with Crippen LogP contribution in [0.25, 0.3) is 0 Å². The zero-order valence-corrected chi connectivity index (χ0v) is 18.3. The maximum Gasteiger partial charge on any atom is 0.255 e. The van der Waals surface area contributed by atoms with Gasteiger partial charge in [0.2, 0.25) is 5.91 Å². The van der Waals surface area contributed by atoms with Crippen molar-refractivity contribution in [1.29, 1.82) is 0 Å². The van der Waals surface area contributed by atoms with Crippen molar-refractivity contribution in [2.24, 2.45) is 0 Å². The summed E-state index contributed by atoms with van der Waals surface area (Å²) in [4.78, 5) is 40.0. The second kappa shape index (κ2) is 9.96. The van der Waals surface area contributed by atoms with E-state index in [1.807, 2.05) is 19.1 Å². The summed E-state index contributed by atoms with van der Waals surface area (Å²) >= 11 is 0. The molecule has 2 fully saturated rings. The molecule has 3 amide bonds. The standard InChI is InChI=1S/C25H29N3O4/c1-17-9-11-18(12-10-17)23(29)27-20-6-2-5-19(15-20)25(31)28-13-3-8-22(28)24(30)26-16-21-7-4-14-32-21/h2,5-6,9-12,15,21-22H,3-4,7-8,13-14,16H2,1H3,(H,26,30)(H,27,29). The van der Waals surface area contributed by atoms with E-state index in [1.165, 1.54) is 0 Å². The van der Waals surface area contributed by atoms with Crippen LogP contribution < -0.4 is 10.6 Å². The summed E-state index contributed by atoms with van der Waals surface area (Å²) in [6, 6.07) is 13.7. The summed E-state index contributed by atoms with van der Waals surface area (Å²) in [5.41, 5.74) is 2.62. The first kappa shape index (κ1) is 22.0. The van der Waals surface area contributed by atoms with E-state index in [-0.39, 0.29) is 23.8 Å². The third-order valence-corrected chi connectivity index (χ3v) is 6.03. The Morgan fingerprint density at radius 2 is 1.84 bits per heavy atom. The Kier molecular flexibility index (Phi) is 6.85. The van der Waals surface area contributed by atoms with Gasteiger partial charge in [-0.25, -0.2) is 0 Å². The van der Waals surface area contributed by atoms with Crippen molar-refractivity contribution in [2.75, 3.05) is 25.0 Å². The second-order valence-electron chi connectivity index (χ2n) is 8.44. The zero-order chi connectivity index (χ0) is 22.5. The fourth-order valence-corrected chi connectivity index (χ4v) is 4.22. The summed E-state index contributed by atoms with van der Waals surface area (Å²) in [6.07, 6.45) is 3.47. The van der Waals surface area contributed by atoms with Gasteiger partial charge in [0, 0.05) is 36.5 Å². The van der Waals surface area contributed by atoms with E-state index >= 15 is 0 Å². The Morgan fingerprint density at radius 3 is 2.59 bits per heavy atom. The van der Waals surface area contributed by atoms with Gasteiger partial charge < -0.3 is 20.3 Å². The average Bonchev–Trinajstić information content (AvgIpc) is 3.50. The number of nitrogens with one attached hydrogen (secondary N) is 2. The summed E-state index contributed by atoms with van der Waals surface area (Å²) < 4.78 is 5.56. The third kappa shape index (κ3) is 5.16. The van der Waals surface area contributed by atoms with Gasteiger partial charge in [0.25, 0.3) is 11.8 Å². The maximum absolute atomic E-state index is 13.2. The van der Waals surface area contributed by atoms with Gasteiger partial charge in [0.15, 0.2) is 0 Å². The number of hydrogen-bond acceptors (Lipinski definition) is 4. The van der Waals surface area contributed by atoms with E-state index in [0.717, 1.165) is 31.4 Å². The third-order valence-electron chi connectivity index (χ3n) is 6.03. The van der Waals surface area contributed by atoms with Crippen LogP contribution in [0.1, 0.15) is 52.0 Å². The van der Waals surface area contributed by atoms with Crippen LogP contribution in [0.3, 0.4) is 0 Å². The molecule has 2 unspecified atom stereocenters. The first-order valence-corrected chi connectivity index (χ1v) is 11.2. The maximum atomic E-state index is 13.2. The summed E-state index contributed by atoms with van der Waals surface area (Å²) in [6.45, 7) is 3.73. The number of likely N-dealkylation sites (tertiary alicyclic amines) is 1. The number of carbonyl (C=O) groups excluding carboxylic acids is 3. The number of anilines is 1. The lowest BCUT2D eigenvalue weighted by molar-refractivity contribution is -0.125. The fourth-order valence-electron chi connectivity index (χ4n) is 4.22. The molecule has 0 saturated carbocycles. The molecule has 2 N–H and O–H groups in total. The minimum atomic E-state index is -0.477. The van der Waals surface area contributed by atoms with Gasteiger partial charge in [0.05, 0.1) is 6.10 Å². The molecular formula is C25H29N3O4. The summed E-state index contributed by atoms with van der Waals surface area (Å²) in [5.74, 6) is -0.566. The van der Waals surface area contributed by atoms with Gasteiger partial charge in [-0.3, -0.25) is 14.4 Å². The van der Waals surface area contributed by atoms with Crippen LogP contribution in [0.15, 0.2) is 48.5 Å². The second-order valence-corrected chi connectivity index (χ2v) is 8.44. The number of nitrogens with zero attached hydrogens (tertiary/aromatic N) is 1. The largest absolute Gasteiger partial charge is 0.376 e. The van der Waals surface area contributed by atoms with Crippen molar-refractivity contribution in [3.8, 4) is 0 Å². The zero-order valence-electron chi connectivity index (χ0n) is 18.3. The van der Waals surface area contributed by atoms with Crippen molar-refractivity contribution >= 4 is 23.4 Å². The highest BCUT2D eigenvalue weighted by Crippen LogP contribution is 2.22. The number of aryl methyl sites for hydroxylation is 1. The first-order chi connectivity index (χ1) is 15.5. The number of ether oxygens (including phenoxy) is 1. The van der Waals surface area contributed by atoms with Gasteiger partial charge in [-0.1, -0.05) is 23.8 Å². The van der Waals surface area contributed by atoms with Crippen LogP contribution in [0.4, 0.5) is 5.69 Å². The van der Waals surface area contributed by atoms with E-state index in [4.69, 9.17) is 4.74 Å². The molecule has 2 aliphatic rings. The van der Waals surface area contributed by atoms with E-state index < -0.39 is 6.04 Å². The topological polar surface area (TPSA) is 87.7 Å². The lowest BCUT2D eigenvalue weighted by Gasteiger charge is -2.25. The summed E-state index contributed by atoms with van der Waals surface area (Å²) in [7, 11) is 0. The van der Waals surface area contributed by atoms with Crippen LogP contribution in [0, 0.1) is 6.92 Å². The Bertz CT molecular complexity index is 983. The van der Waals surface area contributed by atoms with Crippen molar-refractivity contribution in [3.63, 3.8) is 0 Å². The number of amides is 3. The lowest BCUT2D eigenvalue weighted by atomic mass is 10.1. The molecule has 0 spiro atoms. The number of hydrogen-bond donors (Lipinski definition) is 2. The highest BCUT2D eigenvalue weighted by molar-refractivity contribution is 6.05. The van der Waals surface area contributed by atoms with Gasteiger partial charge in [-0.2, -0.15) is 0 Å². The first-order valence-electron chi connectivity index (χ1n) is 11.2. The molecule has 2 heterocycles. The molecule has 0 aromatic heterocycles. The molecule has 2 aliphatic heterocycles. The average molecular weight is 436 g/mol. The molecule has 0 aliphatic carbocycles. The van der Waals surface area contributed by atoms with Gasteiger partial charge >= 0.3 is 0 Å². The molecule has 2 aromatic rings. The molecule has 2 aromatic carbocycles. The van der Waals surface area contributed by atoms with Crippen LogP contribution in [-0.2, 0) is 9.53 Å². The SMILES string of the molecule is Cc1ccc(C(=O)Nc2cccc(C(=O)N3CCCC3C(=O)NCC3CCCO3)c2)cc1. The molecule has 7 heteroatoms. The molecular weight excluding hydrogens is 406 g/mol. The molecule has 0 radical (unpaired) electrons. The highest BCUT2D eigenvalue weighted by Gasteiger charge is 2.35. The minimum Gasteiger partial charge on any atom is -0.376 e. The Labute approximate surface area is 188 Å². The number of carbonyl (C=O) groups is 3. The number of rotatable bonds is 6. The van der Waals surface area contributed by atoms with E-state index in [2.05, 4.69) is 10.6 Å². The van der Waals surface area contributed by atoms with E-state index in [9.17, 15) is 14.4 Å². The van der Waals surface area contributed by atoms with Crippen LogP contribution >= 0.6 is 0 Å². The van der Waals surface area contributed by atoms with Crippen LogP contribution in [0.5, 0.6) is 0 Å². The predicted octanol–water partition coefficient (Wildman–Crippen LogP) is 3.15. The normalized spacial score (nSPS) is 20.2. The Hall–Kier alpha value is -3.19. The number of benzene rings is 2. The van der Waals surface area contributed by atoms with E-state index in [0.29, 0.717) is 36.3 Å². The fraction of sp³-hybridized carbons (Fsp3) is 0.400. The van der Waals surface area contributed by atoms with Gasteiger partial charge in [-0.15, -0.1) is 0 Å². The molecule has 2 saturated heterocycles. The van der Waals surface area contributed by atoms with Crippen molar-refractivity contribution in [2.45, 2.75) is 44.8 Å². The molecule has 0 bridgehead atoms. The van der Waals surface area contributed by atoms with Crippen LogP contribution in [0.2, 0.25) is 0 Å². The van der Waals surface area contributed by atoms with Gasteiger partial charge in [-0.05, 0) is 62.9 Å². The monoisotopic (exact) mass is 435 g/mol. The highest BCUT2D eigenvalue weighted by atomic mass is 16.5.